The third kappa shape index (κ3) is 3.78. The average molecular weight is 330 g/mol. The first-order valence-corrected chi connectivity index (χ1v) is 9.05. The van der Waals surface area contributed by atoms with Crippen molar-refractivity contribution in [2.24, 2.45) is 0 Å². The van der Waals surface area contributed by atoms with Gasteiger partial charge in [-0.15, -0.1) is 0 Å². The molecule has 2 amide bonds. The van der Waals surface area contributed by atoms with Gasteiger partial charge in [0.25, 0.3) is 5.91 Å². The van der Waals surface area contributed by atoms with Gasteiger partial charge in [-0.1, -0.05) is 30.3 Å². The summed E-state index contributed by atoms with van der Waals surface area (Å²) in [6.07, 6.45) is 4.03. The zero-order valence-electron chi connectivity index (χ0n) is 14.5. The molecule has 2 saturated heterocycles. The van der Waals surface area contributed by atoms with E-state index in [1.165, 1.54) is 10.5 Å². The van der Waals surface area contributed by atoms with Crippen LogP contribution in [-0.4, -0.2) is 49.4 Å². The van der Waals surface area contributed by atoms with Gasteiger partial charge >= 0.3 is 0 Å². The SMILES string of the molecule is CC(=O)NC1(c2ccccc2)CC[NH+](CC(=O)N2CCCC2)CC1. The minimum absolute atomic E-state index is 0.00967. The second-order valence-electron chi connectivity index (χ2n) is 7.14. The van der Waals surface area contributed by atoms with Crippen LogP contribution in [0.25, 0.3) is 0 Å². The molecule has 2 heterocycles. The van der Waals surface area contributed by atoms with E-state index in [4.69, 9.17) is 0 Å². The molecule has 3 rings (SSSR count). The molecule has 130 valence electrons. The Morgan fingerprint density at radius 2 is 1.75 bits per heavy atom. The second-order valence-corrected chi connectivity index (χ2v) is 7.14. The molecular weight excluding hydrogens is 302 g/mol. The molecule has 0 atom stereocenters. The van der Waals surface area contributed by atoms with E-state index in [9.17, 15) is 9.59 Å². The Hall–Kier alpha value is -1.88. The second kappa shape index (κ2) is 7.34. The monoisotopic (exact) mass is 330 g/mol. The van der Waals surface area contributed by atoms with Crippen LogP contribution < -0.4 is 10.2 Å². The molecule has 1 aromatic rings. The number of rotatable bonds is 4. The summed E-state index contributed by atoms with van der Waals surface area (Å²) in [4.78, 5) is 27.4. The van der Waals surface area contributed by atoms with Gasteiger partial charge in [-0.25, -0.2) is 0 Å². The number of carbonyl (C=O) groups excluding carboxylic acids is 2. The van der Waals surface area contributed by atoms with Crippen molar-refractivity contribution in [2.75, 3.05) is 32.7 Å². The van der Waals surface area contributed by atoms with E-state index < -0.39 is 0 Å². The summed E-state index contributed by atoms with van der Waals surface area (Å²) in [7, 11) is 0. The molecule has 0 unspecified atom stereocenters. The highest BCUT2D eigenvalue weighted by Crippen LogP contribution is 2.29. The van der Waals surface area contributed by atoms with Crippen molar-refractivity contribution in [2.45, 2.75) is 38.1 Å². The first kappa shape index (κ1) is 17.0. The number of hydrogen-bond acceptors (Lipinski definition) is 2. The smallest absolute Gasteiger partial charge is 0.277 e. The zero-order valence-corrected chi connectivity index (χ0v) is 14.5. The fraction of sp³-hybridized carbons (Fsp3) is 0.579. The summed E-state index contributed by atoms with van der Waals surface area (Å²) in [5, 5.41) is 3.19. The minimum atomic E-state index is -0.284. The molecular formula is C19H28N3O2+. The third-order valence-corrected chi connectivity index (χ3v) is 5.41. The van der Waals surface area contributed by atoms with Gasteiger partial charge in [0, 0.05) is 32.9 Å². The van der Waals surface area contributed by atoms with E-state index in [-0.39, 0.29) is 17.4 Å². The molecule has 24 heavy (non-hydrogen) atoms. The molecule has 0 radical (unpaired) electrons. The molecule has 0 saturated carbocycles. The van der Waals surface area contributed by atoms with Crippen molar-refractivity contribution in [3.63, 3.8) is 0 Å². The van der Waals surface area contributed by atoms with Crippen molar-refractivity contribution in [3.05, 3.63) is 35.9 Å². The Morgan fingerprint density at radius 1 is 1.12 bits per heavy atom. The van der Waals surface area contributed by atoms with Crippen LogP contribution in [0.2, 0.25) is 0 Å². The number of nitrogens with one attached hydrogen (secondary N) is 2. The van der Waals surface area contributed by atoms with Crippen LogP contribution >= 0.6 is 0 Å². The highest BCUT2D eigenvalue weighted by atomic mass is 16.2. The highest BCUT2D eigenvalue weighted by molar-refractivity contribution is 5.77. The lowest BCUT2D eigenvalue weighted by molar-refractivity contribution is -0.899. The van der Waals surface area contributed by atoms with E-state index in [0.29, 0.717) is 6.54 Å². The number of benzene rings is 1. The first-order valence-electron chi connectivity index (χ1n) is 9.05. The molecule has 2 fully saturated rings. The summed E-state index contributed by atoms with van der Waals surface area (Å²) in [6, 6.07) is 10.2. The Morgan fingerprint density at radius 3 is 2.33 bits per heavy atom. The van der Waals surface area contributed by atoms with Gasteiger partial charge in [0.1, 0.15) is 0 Å². The van der Waals surface area contributed by atoms with Crippen LogP contribution in [-0.2, 0) is 15.1 Å². The van der Waals surface area contributed by atoms with E-state index in [2.05, 4.69) is 17.4 Å². The topological polar surface area (TPSA) is 53.9 Å². The fourth-order valence-electron chi connectivity index (χ4n) is 4.08. The predicted molar refractivity (Wildman–Crippen MR) is 92.5 cm³/mol. The maximum atomic E-state index is 12.4. The van der Waals surface area contributed by atoms with Crippen molar-refractivity contribution in [3.8, 4) is 0 Å². The Kier molecular flexibility index (Phi) is 5.19. The number of amides is 2. The quantitative estimate of drug-likeness (QED) is 0.835. The van der Waals surface area contributed by atoms with Gasteiger partial charge in [0.15, 0.2) is 6.54 Å². The maximum Gasteiger partial charge on any atom is 0.277 e. The molecule has 2 aliphatic heterocycles. The van der Waals surface area contributed by atoms with Crippen molar-refractivity contribution in [1.29, 1.82) is 0 Å². The lowest BCUT2D eigenvalue weighted by Crippen LogP contribution is -3.14. The Balaban J connectivity index is 1.64. The van der Waals surface area contributed by atoms with Crippen LogP contribution in [0.3, 0.4) is 0 Å². The van der Waals surface area contributed by atoms with Crippen molar-refractivity contribution in [1.82, 2.24) is 10.2 Å². The normalized spacial score (nSPS) is 27.0. The van der Waals surface area contributed by atoms with Crippen LogP contribution in [0.5, 0.6) is 0 Å². The van der Waals surface area contributed by atoms with Gasteiger partial charge in [-0.3, -0.25) is 9.59 Å². The summed E-state index contributed by atoms with van der Waals surface area (Å²) in [5.74, 6) is 0.296. The third-order valence-electron chi connectivity index (χ3n) is 5.41. The number of likely N-dealkylation sites (tertiary alicyclic amines) is 2. The molecule has 5 heteroatoms. The van der Waals surface area contributed by atoms with E-state index in [1.807, 2.05) is 23.1 Å². The molecule has 2 aliphatic rings. The number of piperidine rings is 1. The van der Waals surface area contributed by atoms with Crippen LogP contribution in [0.15, 0.2) is 30.3 Å². The Bertz CT molecular complexity index is 574. The number of hydrogen-bond donors (Lipinski definition) is 2. The Labute approximate surface area is 144 Å². The van der Waals surface area contributed by atoms with Crippen LogP contribution in [0.1, 0.15) is 38.2 Å². The number of carbonyl (C=O) groups is 2. The number of quaternary nitrogens is 1. The van der Waals surface area contributed by atoms with Crippen molar-refractivity contribution >= 4 is 11.8 Å². The van der Waals surface area contributed by atoms with E-state index in [1.54, 1.807) is 6.92 Å². The van der Waals surface area contributed by atoms with Crippen LogP contribution in [0, 0.1) is 0 Å². The molecule has 5 nitrogen and oxygen atoms in total. The minimum Gasteiger partial charge on any atom is -0.346 e. The van der Waals surface area contributed by atoms with Gasteiger partial charge in [-0.2, -0.15) is 0 Å². The molecule has 0 aliphatic carbocycles. The maximum absolute atomic E-state index is 12.4. The number of nitrogens with zero attached hydrogens (tertiary/aromatic N) is 1. The molecule has 2 N–H and O–H groups in total. The van der Waals surface area contributed by atoms with E-state index >= 15 is 0 Å². The van der Waals surface area contributed by atoms with Crippen LogP contribution in [0.4, 0.5) is 0 Å². The molecule has 0 aromatic heterocycles. The first-order chi connectivity index (χ1) is 11.6. The highest BCUT2D eigenvalue weighted by Gasteiger charge is 2.39. The van der Waals surface area contributed by atoms with Gasteiger partial charge in [0.2, 0.25) is 5.91 Å². The summed E-state index contributed by atoms with van der Waals surface area (Å²) in [5.41, 5.74) is 0.887. The fourth-order valence-corrected chi connectivity index (χ4v) is 4.08. The van der Waals surface area contributed by atoms with E-state index in [0.717, 1.165) is 51.9 Å². The summed E-state index contributed by atoms with van der Waals surface area (Å²) >= 11 is 0. The predicted octanol–water partition coefficient (Wildman–Crippen LogP) is 0.319. The lowest BCUT2D eigenvalue weighted by atomic mass is 9.80. The molecule has 0 spiro atoms. The summed E-state index contributed by atoms with van der Waals surface area (Å²) < 4.78 is 0. The van der Waals surface area contributed by atoms with Gasteiger partial charge in [-0.05, 0) is 18.4 Å². The average Bonchev–Trinajstić information content (AvgIpc) is 3.12. The largest absolute Gasteiger partial charge is 0.346 e. The summed E-state index contributed by atoms with van der Waals surface area (Å²) in [6.45, 7) is 5.84. The molecule has 1 aromatic carbocycles. The molecule has 0 bridgehead atoms. The zero-order chi connectivity index (χ0) is 17.0. The standard InChI is InChI=1S/C19H27N3O2/c1-16(23)20-19(17-7-3-2-4-8-17)9-13-21(14-10-19)15-18(24)22-11-5-6-12-22/h2-4,7-8H,5-6,9-15H2,1H3,(H,20,23)/p+1. The van der Waals surface area contributed by atoms with Gasteiger partial charge < -0.3 is 15.1 Å². The lowest BCUT2D eigenvalue weighted by Gasteiger charge is -2.40. The van der Waals surface area contributed by atoms with Gasteiger partial charge in [0.05, 0.1) is 18.6 Å². The van der Waals surface area contributed by atoms with Crippen molar-refractivity contribution < 1.29 is 14.5 Å².